The van der Waals surface area contributed by atoms with Crippen LogP contribution in [-0.2, 0) is 11.3 Å². The predicted octanol–water partition coefficient (Wildman–Crippen LogP) is 2.97. The van der Waals surface area contributed by atoms with Gasteiger partial charge < -0.3 is 19.5 Å². The number of carbonyl (C=O) groups excluding carboxylic acids is 1. The van der Waals surface area contributed by atoms with Crippen LogP contribution in [0.15, 0.2) is 10.5 Å². The Labute approximate surface area is 137 Å². The summed E-state index contributed by atoms with van der Waals surface area (Å²) in [6.07, 6.45) is 2.86. The van der Waals surface area contributed by atoms with Crippen LogP contribution in [0.2, 0.25) is 0 Å². The van der Waals surface area contributed by atoms with Gasteiger partial charge in [-0.2, -0.15) is 0 Å². The molecule has 0 saturated carbocycles. The third kappa shape index (κ3) is 5.39. The van der Waals surface area contributed by atoms with Gasteiger partial charge in [-0.05, 0) is 25.8 Å². The molecule has 0 spiro atoms. The first-order valence-electron chi connectivity index (χ1n) is 8.01. The van der Waals surface area contributed by atoms with Crippen molar-refractivity contribution in [1.82, 2.24) is 4.90 Å². The van der Waals surface area contributed by atoms with Crippen molar-refractivity contribution < 1.29 is 24.2 Å². The second-order valence-corrected chi connectivity index (χ2v) is 6.14. The molecule has 0 aliphatic carbocycles. The highest BCUT2D eigenvalue weighted by atomic mass is 16.4. The van der Waals surface area contributed by atoms with E-state index in [2.05, 4.69) is 0 Å². The zero-order valence-corrected chi connectivity index (χ0v) is 14.4. The molecule has 6 heteroatoms. The maximum Gasteiger partial charge on any atom is 0.339 e. The number of aryl methyl sites for hydroxylation is 1. The molecule has 0 aliphatic heterocycles. The highest BCUT2D eigenvalue weighted by Crippen LogP contribution is 2.25. The molecule has 1 amide bonds. The lowest BCUT2D eigenvalue weighted by atomic mass is 9.89. The number of hydrogen-bond acceptors (Lipinski definition) is 4. The summed E-state index contributed by atoms with van der Waals surface area (Å²) >= 11 is 0. The Bertz CT molecular complexity index is 543. The number of hydrogen-bond donors (Lipinski definition) is 2. The van der Waals surface area contributed by atoms with Crippen molar-refractivity contribution in [3.63, 3.8) is 0 Å². The minimum Gasteiger partial charge on any atom is -0.478 e. The van der Waals surface area contributed by atoms with Crippen molar-refractivity contribution in [2.24, 2.45) is 0 Å². The van der Waals surface area contributed by atoms with E-state index in [0.717, 1.165) is 12.8 Å². The van der Waals surface area contributed by atoms with E-state index in [1.165, 1.54) is 11.0 Å². The van der Waals surface area contributed by atoms with Gasteiger partial charge in [0, 0.05) is 7.05 Å². The van der Waals surface area contributed by atoms with Crippen LogP contribution in [0.4, 0.5) is 0 Å². The van der Waals surface area contributed by atoms with Crippen LogP contribution in [0.5, 0.6) is 0 Å². The van der Waals surface area contributed by atoms with Crippen molar-refractivity contribution in [2.75, 3.05) is 7.05 Å². The van der Waals surface area contributed by atoms with Crippen molar-refractivity contribution in [3.05, 3.63) is 23.2 Å². The van der Waals surface area contributed by atoms with E-state index in [0.29, 0.717) is 24.4 Å². The lowest BCUT2D eigenvalue weighted by Crippen LogP contribution is -2.37. The Kier molecular flexibility index (Phi) is 6.81. The smallest absolute Gasteiger partial charge is 0.339 e. The number of aromatic carboxylic acids is 1. The molecular formula is C17H27NO5. The van der Waals surface area contributed by atoms with E-state index in [4.69, 9.17) is 9.52 Å². The van der Waals surface area contributed by atoms with E-state index >= 15 is 0 Å². The third-order valence-corrected chi connectivity index (χ3v) is 3.93. The number of amides is 1. The van der Waals surface area contributed by atoms with Gasteiger partial charge in [0.2, 0.25) is 5.91 Å². The molecule has 0 bridgehead atoms. The van der Waals surface area contributed by atoms with Gasteiger partial charge in [-0.15, -0.1) is 0 Å². The second-order valence-electron chi connectivity index (χ2n) is 6.14. The molecule has 0 aliphatic rings. The zero-order valence-electron chi connectivity index (χ0n) is 14.4. The second kappa shape index (κ2) is 8.15. The number of aliphatic hydroxyl groups is 1. The molecular weight excluding hydrogens is 298 g/mol. The van der Waals surface area contributed by atoms with Crippen molar-refractivity contribution in [2.45, 2.75) is 65.0 Å². The molecule has 6 nitrogen and oxygen atoms in total. The Morgan fingerprint density at radius 3 is 2.26 bits per heavy atom. The minimum absolute atomic E-state index is 0.0661. The Morgan fingerprint density at radius 1 is 1.26 bits per heavy atom. The normalized spacial score (nSPS) is 11.5. The standard InChI is InChI=1S/C17H27NO5/c1-5-7-17(22,8-6-2)10-15(19)18(4)11-13-9-14(16(20)21)12(3)23-13/h9,22H,5-8,10-11H2,1-4H3,(H,20,21). The van der Waals surface area contributed by atoms with Crippen molar-refractivity contribution in [3.8, 4) is 0 Å². The van der Waals surface area contributed by atoms with Crippen LogP contribution < -0.4 is 0 Å². The highest BCUT2D eigenvalue weighted by molar-refractivity contribution is 5.88. The average Bonchev–Trinajstić information content (AvgIpc) is 2.79. The molecule has 1 heterocycles. The molecule has 1 aromatic rings. The lowest BCUT2D eigenvalue weighted by molar-refractivity contribution is -0.136. The van der Waals surface area contributed by atoms with Crippen molar-refractivity contribution >= 4 is 11.9 Å². The Balaban J connectivity index is 2.73. The predicted molar refractivity (Wildman–Crippen MR) is 86.3 cm³/mol. The summed E-state index contributed by atoms with van der Waals surface area (Å²) in [5.74, 6) is -0.487. The summed E-state index contributed by atoms with van der Waals surface area (Å²) < 4.78 is 5.38. The van der Waals surface area contributed by atoms with Gasteiger partial charge in [0.15, 0.2) is 0 Å². The SMILES string of the molecule is CCCC(O)(CCC)CC(=O)N(C)Cc1cc(C(=O)O)c(C)o1. The molecule has 0 unspecified atom stereocenters. The van der Waals surface area contributed by atoms with Crippen LogP contribution in [0.3, 0.4) is 0 Å². The average molecular weight is 325 g/mol. The van der Waals surface area contributed by atoms with E-state index in [-0.39, 0.29) is 24.4 Å². The van der Waals surface area contributed by atoms with E-state index in [1.807, 2.05) is 13.8 Å². The summed E-state index contributed by atoms with van der Waals surface area (Å²) in [6.45, 7) is 5.72. The number of nitrogens with zero attached hydrogens (tertiary/aromatic N) is 1. The molecule has 0 fully saturated rings. The molecule has 1 rings (SSSR count). The molecule has 23 heavy (non-hydrogen) atoms. The molecule has 2 N–H and O–H groups in total. The largest absolute Gasteiger partial charge is 0.478 e. The monoisotopic (exact) mass is 325 g/mol. The van der Waals surface area contributed by atoms with Crippen LogP contribution in [-0.4, -0.2) is 39.6 Å². The summed E-state index contributed by atoms with van der Waals surface area (Å²) in [5, 5.41) is 19.6. The molecule has 0 atom stereocenters. The first-order chi connectivity index (χ1) is 10.7. The Morgan fingerprint density at radius 2 is 1.83 bits per heavy atom. The fourth-order valence-corrected chi connectivity index (χ4v) is 2.80. The van der Waals surface area contributed by atoms with E-state index in [1.54, 1.807) is 14.0 Å². The molecule has 0 radical (unpaired) electrons. The number of rotatable bonds is 9. The zero-order chi connectivity index (χ0) is 17.6. The van der Waals surface area contributed by atoms with Gasteiger partial charge in [0.1, 0.15) is 17.1 Å². The van der Waals surface area contributed by atoms with Crippen LogP contribution in [0.1, 0.15) is 67.8 Å². The fourth-order valence-electron chi connectivity index (χ4n) is 2.80. The van der Waals surface area contributed by atoms with Crippen LogP contribution >= 0.6 is 0 Å². The summed E-state index contributed by atoms with van der Waals surface area (Å²) in [7, 11) is 1.62. The molecule has 1 aromatic heterocycles. The topological polar surface area (TPSA) is 91.0 Å². The van der Waals surface area contributed by atoms with E-state index < -0.39 is 11.6 Å². The Hall–Kier alpha value is -1.82. The van der Waals surface area contributed by atoms with Crippen molar-refractivity contribution in [1.29, 1.82) is 0 Å². The quantitative estimate of drug-likeness (QED) is 0.728. The van der Waals surface area contributed by atoms with Gasteiger partial charge in [-0.1, -0.05) is 26.7 Å². The summed E-state index contributed by atoms with van der Waals surface area (Å²) in [5.41, 5.74) is -0.866. The first kappa shape index (κ1) is 19.2. The minimum atomic E-state index is -1.05. The summed E-state index contributed by atoms with van der Waals surface area (Å²) in [6, 6.07) is 1.44. The van der Waals surface area contributed by atoms with Gasteiger partial charge in [0.25, 0.3) is 0 Å². The lowest BCUT2D eigenvalue weighted by Gasteiger charge is -2.29. The van der Waals surface area contributed by atoms with Crippen LogP contribution in [0.25, 0.3) is 0 Å². The van der Waals surface area contributed by atoms with E-state index in [9.17, 15) is 14.7 Å². The van der Waals surface area contributed by atoms with Gasteiger partial charge in [-0.3, -0.25) is 4.79 Å². The maximum atomic E-state index is 12.3. The van der Waals surface area contributed by atoms with Gasteiger partial charge in [-0.25, -0.2) is 4.79 Å². The highest BCUT2D eigenvalue weighted by Gasteiger charge is 2.29. The molecule has 0 saturated heterocycles. The number of furan rings is 1. The summed E-state index contributed by atoms with van der Waals surface area (Å²) in [4.78, 5) is 24.8. The van der Waals surface area contributed by atoms with Gasteiger partial charge >= 0.3 is 5.97 Å². The number of carboxylic acid groups (broad SMARTS) is 1. The number of carboxylic acids is 1. The third-order valence-electron chi connectivity index (χ3n) is 3.93. The fraction of sp³-hybridized carbons (Fsp3) is 0.647. The number of carbonyl (C=O) groups is 2. The molecule has 0 aromatic carbocycles. The first-order valence-corrected chi connectivity index (χ1v) is 8.01. The maximum absolute atomic E-state index is 12.3. The van der Waals surface area contributed by atoms with Crippen LogP contribution in [0, 0.1) is 6.92 Å². The molecule has 130 valence electrons. The van der Waals surface area contributed by atoms with Gasteiger partial charge in [0.05, 0.1) is 18.6 Å².